The molecule has 0 unspecified atom stereocenters. The van der Waals surface area contributed by atoms with E-state index in [-0.39, 0.29) is 23.9 Å². The molecule has 4 rings (SSSR count). The lowest BCUT2D eigenvalue weighted by Gasteiger charge is -2.12. The van der Waals surface area contributed by atoms with E-state index in [4.69, 9.17) is 9.47 Å². The fraction of sp³-hybridized carbons (Fsp3) is 0.192. The van der Waals surface area contributed by atoms with Crippen LogP contribution in [0.4, 0.5) is 17.2 Å². The van der Waals surface area contributed by atoms with Gasteiger partial charge in [-0.2, -0.15) is 0 Å². The van der Waals surface area contributed by atoms with Gasteiger partial charge >= 0.3 is 5.97 Å². The maximum Gasteiger partial charge on any atom is 0.376 e. The van der Waals surface area contributed by atoms with Crippen LogP contribution in [0, 0.1) is 16.0 Å². The van der Waals surface area contributed by atoms with Crippen LogP contribution in [0.1, 0.15) is 30.9 Å². The van der Waals surface area contributed by atoms with Crippen molar-refractivity contribution in [3.05, 3.63) is 88.7 Å². The molecule has 35 heavy (non-hydrogen) atoms. The lowest BCUT2D eigenvalue weighted by Crippen LogP contribution is -2.13. The summed E-state index contributed by atoms with van der Waals surface area (Å²) in [7, 11) is 0. The maximum absolute atomic E-state index is 12.6. The molecule has 0 radical (unpaired) electrons. The van der Waals surface area contributed by atoms with Gasteiger partial charge in [0.05, 0.1) is 28.8 Å². The summed E-state index contributed by atoms with van der Waals surface area (Å²) in [6.45, 7) is 4.34. The second kappa shape index (κ2) is 10.6. The van der Waals surface area contributed by atoms with Crippen LogP contribution in [-0.2, 0) is 4.74 Å². The van der Waals surface area contributed by atoms with Crippen LogP contribution >= 0.6 is 0 Å². The molecule has 1 aromatic heterocycles. The van der Waals surface area contributed by atoms with Crippen molar-refractivity contribution in [3.8, 4) is 11.5 Å². The lowest BCUT2D eigenvalue weighted by atomic mass is 10.1. The number of hydrogen-bond acceptors (Lipinski definition) is 8. The van der Waals surface area contributed by atoms with Crippen LogP contribution in [0.2, 0.25) is 0 Å². The zero-order chi connectivity index (χ0) is 24.8. The average molecular weight is 473 g/mol. The third-order valence-corrected chi connectivity index (χ3v) is 5.06. The van der Waals surface area contributed by atoms with E-state index in [1.807, 2.05) is 26.0 Å². The molecule has 0 atom stereocenters. The van der Waals surface area contributed by atoms with Crippen molar-refractivity contribution in [2.45, 2.75) is 20.3 Å². The second-order valence-electron chi connectivity index (χ2n) is 8.24. The van der Waals surface area contributed by atoms with E-state index in [0.29, 0.717) is 34.1 Å². The highest BCUT2D eigenvalue weighted by Crippen LogP contribution is 2.32. The van der Waals surface area contributed by atoms with Gasteiger partial charge in [-0.25, -0.2) is 14.8 Å². The van der Waals surface area contributed by atoms with Crippen molar-refractivity contribution >= 4 is 34.1 Å². The number of ether oxygens (including phenoxy) is 2. The van der Waals surface area contributed by atoms with E-state index < -0.39 is 10.9 Å². The van der Waals surface area contributed by atoms with Crippen LogP contribution in [0.5, 0.6) is 11.5 Å². The molecule has 0 aliphatic rings. The summed E-state index contributed by atoms with van der Waals surface area (Å²) in [4.78, 5) is 32.3. The highest BCUT2D eigenvalue weighted by atomic mass is 16.6. The molecule has 0 bridgehead atoms. The number of carbonyl (C=O) groups is 1. The van der Waals surface area contributed by atoms with E-state index in [0.717, 1.165) is 6.42 Å². The van der Waals surface area contributed by atoms with Gasteiger partial charge in [-0.05, 0) is 36.6 Å². The van der Waals surface area contributed by atoms with Crippen molar-refractivity contribution in [1.82, 2.24) is 9.97 Å². The molecular weight excluding hydrogens is 448 g/mol. The van der Waals surface area contributed by atoms with Crippen LogP contribution in [0.15, 0.2) is 72.8 Å². The first-order valence-electron chi connectivity index (χ1n) is 11.1. The van der Waals surface area contributed by atoms with Gasteiger partial charge in [0, 0.05) is 17.5 Å². The first kappa shape index (κ1) is 23.6. The van der Waals surface area contributed by atoms with Gasteiger partial charge in [0.2, 0.25) is 5.82 Å². The Bertz CT molecular complexity index is 1360. The Morgan fingerprint density at radius 3 is 2.49 bits per heavy atom. The minimum atomic E-state index is -0.633. The van der Waals surface area contributed by atoms with Crippen molar-refractivity contribution in [2.75, 3.05) is 11.9 Å². The van der Waals surface area contributed by atoms with Gasteiger partial charge < -0.3 is 14.8 Å². The second-order valence-corrected chi connectivity index (χ2v) is 8.24. The minimum absolute atomic E-state index is 0.0962. The van der Waals surface area contributed by atoms with Crippen LogP contribution in [0.3, 0.4) is 0 Å². The molecule has 178 valence electrons. The molecule has 0 aliphatic heterocycles. The number of fused-ring (bicyclic) bond motifs is 1. The number of para-hydroxylation sites is 2. The van der Waals surface area contributed by atoms with Crippen LogP contribution < -0.4 is 10.1 Å². The van der Waals surface area contributed by atoms with Crippen LogP contribution in [0.25, 0.3) is 10.9 Å². The number of anilines is 2. The van der Waals surface area contributed by atoms with Gasteiger partial charge in [0.1, 0.15) is 17.3 Å². The number of rotatable bonds is 9. The average Bonchev–Trinajstić information content (AvgIpc) is 2.84. The highest BCUT2D eigenvalue weighted by Gasteiger charge is 2.17. The van der Waals surface area contributed by atoms with Gasteiger partial charge in [-0.1, -0.05) is 44.2 Å². The van der Waals surface area contributed by atoms with E-state index in [9.17, 15) is 14.9 Å². The fourth-order valence-electron chi connectivity index (χ4n) is 3.30. The third kappa shape index (κ3) is 6.08. The molecule has 0 saturated carbocycles. The summed E-state index contributed by atoms with van der Waals surface area (Å²) in [5.41, 5.74) is 0.743. The topological polar surface area (TPSA) is 116 Å². The number of benzene rings is 3. The van der Waals surface area contributed by atoms with E-state index in [1.165, 1.54) is 12.1 Å². The van der Waals surface area contributed by atoms with Gasteiger partial charge in [0.15, 0.2) is 0 Å². The van der Waals surface area contributed by atoms with Gasteiger partial charge in [-0.15, -0.1) is 0 Å². The standard InChI is InChI=1S/C26H24N4O5/c1-17(2)12-13-34-26(31)25-28-23-11-7-6-10-22(23)24(29-25)27-18-14-19(30(32)33)16-21(15-18)35-20-8-4-3-5-9-20/h3-11,14-17H,12-13H2,1-2H3,(H,27,28,29). The zero-order valence-corrected chi connectivity index (χ0v) is 19.3. The zero-order valence-electron chi connectivity index (χ0n) is 19.3. The lowest BCUT2D eigenvalue weighted by molar-refractivity contribution is -0.384. The minimum Gasteiger partial charge on any atom is -0.460 e. The number of non-ortho nitro benzene ring substituents is 1. The molecule has 9 heteroatoms. The monoisotopic (exact) mass is 472 g/mol. The molecular formula is C26H24N4O5. The first-order chi connectivity index (χ1) is 16.9. The molecule has 0 spiro atoms. The number of nitrogens with zero attached hydrogens (tertiary/aromatic N) is 3. The molecule has 0 amide bonds. The molecule has 9 nitrogen and oxygen atoms in total. The van der Waals surface area contributed by atoms with Crippen LogP contribution in [-0.4, -0.2) is 27.5 Å². The summed E-state index contributed by atoms with van der Waals surface area (Å²) in [6, 6.07) is 20.5. The molecule has 0 saturated heterocycles. The predicted octanol–water partition coefficient (Wildman–Crippen LogP) is 6.28. The Balaban J connectivity index is 1.68. The molecule has 0 fully saturated rings. The van der Waals surface area contributed by atoms with Gasteiger partial charge in [-0.3, -0.25) is 10.1 Å². The molecule has 3 aromatic carbocycles. The third-order valence-electron chi connectivity index (χ3n) is 5.06. The summed E-state index contributed by atoms with van der Waals surface area (Å²) in [5.74, 6) is 0.793. The fourth-order valence-corrected chi connectivity index (χ4v) is 3.30. The molecule has 4 aromatic rings. The predicted molar refractivity (Wildman–Crippen MR) is 132 cm³/mol. The Labute approximate surface area is 201 Å². The number of esters is 1. The Morgan fingerprint density at radius 1 is 1.00 bits per heavy atom. The van der Waals surface area contributed by atoms with Crippen molar-refractivity contribution < 1.29 is 19.2 Å². The number of nitro benzene ring substituents is 1. The molecule has 1 heterocycles. The Kier molecular flexibility index (Phi) is 7.15. The highest BCUT2D eigenvalue weighted by molar-refractivity contribution is 5.95. The Morgan fingerprint density at radius 2 is 1.74 bits per heavy atom. The number of nitro groups is 1. The summed E-state index contributed by atoms with van der Waals surface area (Å²) < 4.78 is 11.1. The van der Waals surface area contributed by atoms with Crippen molar-refractivity contribution in [1.29, 1.82) is 0 Å². The maximum atomic E-state index is 12.6. The molecule has 1 N–H and O–H groups in total. The Hall–Kier alpha value is -4.53. The largest absolute Gasteiger partial charge is 0.460 e. The van der Waals surface area contributed by atoms with E-state index in [2.05, 4.69) is 15.3 Å². The smallest absolute Gasteiger partial charge is 0.376 e. The van der Waals surface area contributed by atoms with Crippen molar-refractivity contribution in [2.24, 2.45) is 5.92 Å². The van der Waals surface area contributed by atoms with E-state index in [1.54, 1.807) is 48.5 Å². The number of aromatic nitrogens is 2. The summed E-state index contributed by atoms with van der Waals surface area (Å²) in [6.07, 6.45) is 0.725. The number of hydrogen-bond donors (Lipinski definition) is 1. The molecule has 0 aliphatic carbocycles. The number of carbonyl (C=O) groups excluding carboxylic acids is 1. The normalized spacial score (nSPS) is 10.8. The quantitative estimate of drug-likeness (QED) is 0.172. The summed E-state index contributed by atoms with van der Waals surface area (Å²) in [5, 5.41) is 15.3. The summed E-state index contributed by atoms with van der Waals surface area (Å²) >= 11 is 0. The SMILES string of the molecule is CC(C)CCOC(=O)c1nc(Nc2cc(Oc3ccccc3)cc([N+](=O)[O-])c2)c2ccccc2n1. The van der Waals surface area contributed by atoms with Crippen molar-refractivity contribution in [3.63, 3.8) is 0 Å². The van der Waals surface area contributed by atoms with Gasteiger partial charge in [0.25, 0.3) is 5.69 Å². The van der Waals surface area contributed by atoms with E-state index >= 15 is 0 Å². The number of nitrogens with one attached hydrogen (secondary N) is 1. The first-order valence-corrected chi connectivity index (χ1v) is 11.1.